The van der Waals surface area contributed by atoms with E-state index in [-0.39, 0.29) is 18.3 Å². The van der Waals surface area contributed by atoms with Gasteiger partial charge in [-0.25, -0.2) is 0 Å². The number of amides is 1. The zero-order valence-corrected chi connectivity index (χ0v) is 13.3. The molecule has 2 N–H and O–H groups in total. The van der Waals surface area contributed by atoms with Gasteiger partial charge in [0.1, 0.15) is 0 Å². The van der Waals surface area contributed by atoms with E-state index in [4.69, 9.17) is 15.2 Å². The molecule has 0 unspecified atom stereocenters. The van der Waals surface area contributed by atoms with Crippen LogP contribution in [-0.2, 0) is 0 Å². The predicted molar refractivity (Wildman–Crippen MR) is 84.5 cm³/mol. The minimum Gasteiger partial charge on any atom is -0.493 e. The summed E-state index contributed by atoms with van der Waals surface area (Å²) in [5.41, 5.74) is 6.23. The first-order chi connectivity index (χ1) is 9.71. The molecule has 1 aliphatic rings. The van der Waals surface area contributed by atoms with Crippen molar-refractivity contribution in [3.63, 3.8) is 0 Å². The average Bonchev–Trinajstić information content (AvgIpc) is 2.53. The molecule has 21 heavy (non-hydrogen) atoms. The van der Waals surface area contributed by atoms with E-state index in [9.17, 15) is 4.79 Å². The zero-order chi connectivity index (χ0) is 14.5. The molecule has 2 rings (SSSR count). The summed E-state index contributed by atoms with van der Waals surface area (Å²) in [7, 11) is 3.12. The molecule has 1 aromatic rings. The highest BCUT2D eigenvalue weighted by Crippen LogP contribution is 2.32. The Bertz CT molecular complexity index is 474. The van der Waals surface area contributed by atoms with Crippen molar-refractivity contribution < 1.29 is 14.3 Å². The fourth-order valence-electron chi connectivity index (χ4n) is 2.60. The summed E-state index contributed by atoms with van der Waals surface area (Å²) in [6, 6.07) is 5.37. The number of likely N-dealkylation sites (tertiary alicyclic amines) is 1. The highest BCUT2D eigenvalue weighted by molar-refractivity contribution is 5.97. The molecule has 1 amide bonds. The van der Waals surface area contributed by atoms with Crippen LogP contribution in [0.2, 0.25) is 0 Å². The maximum absolute atomic E-state index is 12.6. The lowest BCUT2D eigenvalue weighted by molar-refractivity contribution is 0.0689. The van der Waals surface area contributed by atoms with Crippen molar-refractivity contribution in [1.82, 2.24) is 4.90 Å². The molecule has 0 bridgehead atoms. The minimum absolute atomic E-state index is 0. The molecule has 0 saturated carbocycles. The van der Waals surface area contributed by atoms with E-state index in [1.807, 2.05) is 4.90 Å². The number of halogens is 1. The topological polar surface area (TPSA) is 64.8 Å². The lowest BCUT2D eigenvalue weighted by Gasteiger charge is -2.31. The van der Waals surface area contributed by atoms with Crippen LogP contribution in [0.4, 0.5) is 0 Å². The quantitative estimate of drug-likeness (QED) is 0.922. The van der Waals surface area contributed by atoms with Crippen LogP contribution in [0.25, 0.3) is 0 Å². The van der Waals surface area contributed by atoms with Crippen LogP contribution >= 0.6 is 12.4 Å². The number of rotatable bonds is 4. The van der Waals surface area contributed by atoms with Gasteiger partial charge in [0.15, 0.2) is 11.5 Å². The largest absolute Gasteiger partial charge is 0.493 e. The highest BCUT2D eigenvalue weighted by atomic mass is 35.5. The van der Waals surface area contributed by atoms with Gasteiger partial charge in [-0.15, -0.1) is 12.4 Å². The predicted octanol–water partition coefficient (Wildman–Crippen LogP) is 1.94. The van der Waals surface area contributed by atoms with Gasteiger partial charge in [0.25, 0.3) is 5.91 Å². The van der Waals surface area contributed by atoms with E-state index in [1.54, 1.807) is 32.4 Å². The van der Waals surface area contributed by atoms with Crippen molar-refractivity contribution in [2.24, 2.45) is 11.7 Å². The molecule has 0 aliphatic carbocycles. The van der Waals surface area contributed by atoms with E-state index in [1.165, 1.54) is 0 Å². The molecular formula is C15H23ClN2O3. The second kappa shape index (κ2) is 8.10. The number of para-hydroxylation sites is 1. The van der Waals surface area contributed by atoms with Gasteiger partial charge in [0, 0.05) is 13.1 Å². The highest BCUT2D eigenvalue weighted by Gasteiger charge is 2.25. The number of hydrogen-bond acceptors (Lipinski definition) is 4. The summed E-state index contributed by atoms with van der Waals surface area (Å²) in [6.45, 7) is 2.20. The summed E-state index contributed by atoms with van der Waals surface area (Å²) in [5, 5.41) is 0. The molecule has 0 spiro atoms. The molecule has 1 aliphatic heterocycles. The van der Waals surface area contributed by atoms with Crippen LogP contribution in [0.15, 0.2) is 18.2 Å². The van der Waals surface area contributed by atoms with E-state index >= 15 is 0 Å². The van der Waals surface area contributed by atoms with Crippen molar-refractivity contribution in [3.05, 3.63) is 23.8 Å². The van der Waals surface area contributed by atoms with Crippen LogP contribution in [0.3, 0.4) is 0 Å². The summed E-state index contributed by atoms with van der Waals surface area (Å²) in [4.78, 5) is 14.5. The molecular weight excluding hydrogens is 292 g/mol. The van der Waals surface area contributed by atoms with Crippen molar-refractivity contribution >= 4 is 18.3 Å². The number of nitrogens with two attached hydrogens (primary N) is 1. The third-order valence-corrected chi connectivity index (χ3v) is 3.87. The molecule has 5 nitrogen and oxygen atoms in total. The number of carbonyl (C=O) groups is 1. The van der Waals surface area contributed by atoms with Crippen molar-refractivity contribution in [1.29, 1.82) is 0 Å². The Balaban J connectivity index is 0.00000220. The van der Waals surface area contributed by atoms with Gasteiger partial charge in [-0.2, -0.15) is 0 Å². The van der Waals surface area contributed by atoms with Crippen LogP contribution in [0.5, 0.6) is 11.5 Å². The summed E-state index contributed by atoms with van der Waals surface area (Å²) in [6.07, 6.45) is 1.93. The first-order valence-electron chi connectivity index (χ1n) is 6.91. The summed E-state index contributed by atoms with van der Waals surface area (Å²) >= 11 is 0. The molecule has 6 heteroatoms. The van der Waals surface area contributed by atoms with Gasteiger partial charge in [0.05, 0.1) is 19.8 Å². The molecule has 0 radical (unpaired) electrons. The molecule has 118 valence electrons. The summed E-state index contributed by atoms with van der Waals surface area (Å²) in [5.74, 6) is 1.61. The Hall–Kier alpha value is -1.46. The SMILES string of the molecule is COc1cccc(C(=O)N2CCC(CN)CC2)c1OC.Cl. The Morgan fingerprint density at radius 2 is 1.95 bits per heavy atom. The third-order valence-electron chi connectivity index (χ3n) is 3.87. The molecule has 1 fully saturated rings. The van der Waals surface area contributed by atoms with Crippen LogP contribution < -0.4 is 15.2 Å². The van der Waals surface area contributed by atoms with E-state index in [2.05, 4.69) is 0 Å². The van der Waals surface area contributed by atoms with Gasteiger partial charge in [0.2, 0.25) is 0 Å². The van der Waals surface area contributed by atoms with Crippen LogP contribution in [0.1, 0.15) is 23.2 Å². The minimum atomic E-state index is -0.00350. The van der Waals surface area contributed by atoms with Crippen molar-refractivity contribution in [3.8, 4) is 11.5 Å². The second-order valence-corrected chi connectivity index (χ2v) is 5.01. The maximum Gasteiger partial charge on any atom is 0.257 e. The number of piperidine rings is 1. The third kappa shape index (κ3) is 3.80. The second-order valence-electron chi connectivity index (χ2n) is 5.01. The summed E-state index contributed by atoms with van der Waals surface area (Å²) < 4.78 is 10.6. The normalized spacial score (nSPS) is 15.3. The van der Waals surface area contributed by atoms with Crippen LogP contribution in [-0.4, -0.2) is 44.7 Å². The van der Waals surface area contributed by atoms with Gasteiger partial charge < -0.3 is 20.1 Å². The Morgan fingerprint density at radius 1 is 1.29 bits per heavy atom. The number of nitrogens with zero attached hydrogens (tertiary/aromatic N) is 1. The first kappa shape index (κ1) is 17.6. The lowest BCUT2D eigenvalue weighted by atomic mass is 9.96. The van der Waals surface area contributed by atoms with Crippen LogP contribution in [0, 0.1) is 5.92 Å². The Labute approximate surface area is 131 Å². The van der Waals surface area contributed by atoms with Gasteiger partial charge in [-0.1, -0.05) is 6.07 Å². The van der Waals surface area contributed by atoms with E-state index in [0.717, 1.165) is 25.9 Å². The van der Waals surface area contributed by atoms with Crippen molar-refractivity contribution in [2.45, 2.75) is 12.8 Å². The Kier molecular flexibility index (Phi) is 6.78. The number of ether oxygens (including phenoxy) is 2. The van der Waals surface area contributed by atoms with Gasteiger partial charge in [-0.05, 0) is 37.4 Å². The smallest absolute Gasteiger partial charge is 0.257 e. The zero-order valence-electron chi connectivity index (χ0n) is 12.5. The molecule has 1 heterocycles. The molecule has 1 saturated heterocycles. The average molecular weight is 315 g/mol. The van der Waals surface area contributed by atoms with E-state index in [0.29, 0.717) is 29.5 Å². The number of hydrogen-bond donors (Lipinski definition) is 1. The molecule has 0 atom stereocenters. The fraction of sp³-hybridized carbons (Fsp3) is 0.533. The monoisotopic (exact) mass is 314 g/mol. The van der Waals surface area contributed by atoms with Gasteiger partial charge in [-0.3, -0.25) is 4.79 Å². The number of carbonyl (C=O) groups excluding carboxylic acids is 1. The van der Waals surface area contributed by atoms with Gasteiger partial charge >= 0.3 is 0 Å². The van der Waals surface area contributed by atoms with Crippen molar-refractivity contribution in [2.75, 3.05) is 33.9 Å². The number of methoxy groups -OCH3 is 2. The fourth-order valence-corrected chi connectivity index (χ4v) is 2.60. The maximum atomic E-state index is 12.6. The Morgan fingerprint density at radius 3 is 2.48 bits per heavy atom. The molecule has 0 aromatic heterocycles. The standard InChI is InChI=1S/C15H22N2O3.ClH/c1-19-13-5-3-4-12(14(13)20-2)15(18)17-8-6-11(10-16)7-9-17;/h3-5,11H,6-10,16H2,1-2H3;1H. The lowest BCUT2D eigenvalue weighted by Crippen LogP contribution is -2.40. The van der Waals surface area contributed by atoms with E-state index < -0.39 is 0 Å². The molecule has 1 aromatic carbocycles. The number of benzene rings is 1. The first-order valence-corrected chi connectivity index (χ1v) is 6.91.